The second-order valence-corrected chi connectivity index (χ2v) is 6.15. The highest BCUT2D eigenvalue weighted by atomic mass is 16.5. The lowest BCUT2D eigenvalue weighted by Crippen LogP contribution is -2.32. The molecular weight excluding hydrogens is 312 g/mol. The summed E-state index contributed by atoms with van der Waals surface area (Å²) in [5, 5.41) is 4.19. The van der Waals surface area contributed by atoms with Gasteiger partial charge in [-0.1, -0.05) is 61.9 Å². The standard InChI is InChI=1S/C21H24N2O2/c1-2-3-13-20(23-15-14-18-11-7-8-12-19(18)23)22-21(24)25-16-17-9-5-4-6-10-17/h4-12,14-15,20H,2-3,13,16H2,1H3,(H,22,24). The third kappa shape index (κ3) is 4.41. The molecule has 0 saturated carbocycles. The van der Waals surface area contributed by atoms with E-state index >= 15 is 0 Å². The van der Waals surface area contributed by atoms with Crippen LogP contribution in [0.3, 0.4) is 0 Å². The van der Waals surface area contributed by atoms with Gasteiger partial charge >= 0.3 is 6.09 Å². The average molecular weight is 336 g/mol. The Morgan fingerprint density at radius 1 is 1.08 bits per heavy atom. The zero-order chi connectivity index (χ0) is 17.5. The van der Waals surface area contributed by atoms with Crippen LogP contribution in [0.5, 0.6) is 0 Å². The van der Waals surface area contributed by atoms with Gasteiger partial charge in [0.1, 0.15) is 12.8 Å². The lowest BCUT2D eigenvalue weighted by Gasteiger charge is -2.21. The van der Waals surface area contributed by atoms with Crippen molar-refractivity contribution < 1.29 is 9.53 Å². The molecule has 0 aliphatic heterocycles. The highest BCUT2D eigenvalue weighted by Crippen LogP contribution is 2.22. The molecule has 0 saturated heterocycles. The normalized spacial score (nSPS) is 12.0. The van der Waals surface area contributed by atoms with Crippen molar-refractivity contribution in [1.82, 2.24) is 9.88 Å². The quantitative estimate of drug-likeness (QED) is 0.640. The Morgan fingerprint density at radius 2 is 1.84 bits per heavy atom. The van der Waals surface area contributed by atoms with Crippen LogP contribution in [0.4, 0.5) is 4.79 Å². The van der Waals surface area contributed by atoms with Crippen molar-refractivity contribution in [1.29, 1.82) is 0 Å². The number of para-hydroxylation sites is 1. The number of carbonyl (C=O) groups excluding carboxylic acids is 1. The molecule has 3 aromatic rings. The van der Waals surface area contributed by atoms with Crippen molar-refractivity contribution in [2.45, 2.75) is 39.0 Å². The van der Waals surface area contributed by atoms with Crippen LogP contribution in [-0.2, 0) is 11.3 Å². The van der Waals surface area contributed by atoms with Crippen molar-refractivity contribution in [2.24, 2.45) is 0 Å². The summed E-state index contributed by atoms with van der Waals surface area (Å²) in [5.74, 6) is 0. The Labute approximate surface area is 148 Å². The molecule has 0 spiro atoms. The number of fused-ring (bicyclic) bond motifs is 1. The van der Waals surface area contributed by atoms with Crippen LogP contribution >= 0.6 is 0 Å². The van der Waals surface area contributed by atoms with Gasteiger partial charge in [-0.2, -0.15) is 0 Å². The molecule has 1 N–H and O–H groups in total. The Bertz CT molecular complexity index is 811. The third-order valence-corrected chi connectivity index (χ3v) is 4.29. The molecular formula is C21H24N2O2. The van der Waals surface area contributed by atoms with E-state index in [-0.39, 0.29) is 18.9 Å². The molecule has 4 nitrogen and oxygen atoms in total. The number of amides is 1. The molecule has 3 rings (SSSR count). The van der Waals surface area contributed by atoms with Crippen molar-refractivity contribution in [3.8, 4) is 0 Å². The summed E-state index contributed by atoms with van der Waals surface area (Å²) in [4.78, 5) is 12.3. The molecule has 0 fully saturated rings. The number of benzene rings is 2. The van der Waals surface area contributed by atoms with E-state index in [1.54, 1.807) is 0 Å². The van der Waals surface area contributed by atoms with Gasteiger partial charge in [0.2, 0.25) is 0 Å². The van der Waals surface area contributed by atoms with Gasteiger partial charge in [-0.25, -0.2) is 4.79 Å². The largest absolute Gasteiger partial charge is 0.445 e. The van der Waals surface area contributed by atoms with Crippen LogP contribution < -0.4 is 5.32 Å². The molecule has 25 heavy (non-hydrogen) atoms. The minimum atomic E-state index is -0.386. The number of nitrogens with zero attached hydrogens (tertiary/aromatic N) is 1. The number of nitrogens with one attached hydrogen (secondary N) is 1. The SMILES string of the molecule is CCCCC(NC(=O)OCc1ccccc1)n1ccc2ccccc21. The molecule has 4 heteroatoms. The van der Waals surface area contributed by atoms with Gasteiger partial charge in [-0.3, -0.25) is 0 Å². The fourth-order valence-electron chi connectivity index (χ4n) is 2.96. The van der Waals surface area contributed by atoms with E-state index in [9.17, 15) is 4.79 Å². The maximum absolute atomic E-state index is 12.3. The van der Waals surface area contributed by atoms with Gasteiger partial charge in [0, 0.05) is 11.7 Å². The molecule has 1 atom stereocenters. The molecule has 1 heterocycles. The van der Waals surface area contributed by atoms with E-state index < -0.39 is 0 Å². The summed E-state index contributed by atoms with van der Waals surface area (Å²) >= 11 is 0. The number of hydrogen-bond donors (Lipinski definition) is 1. The minimum absolute atomic E-state index is 0.108. The Morgan fingerprint density at radius 3 is 2.64 bits per heavy atom. The van der Waals surface area contributed by atoms with Crippen LogP contribution in [0.2, 0.25) is 0 Å². The first-order valence-electron chi connectivity index (χ1n) is 8.80. The zero-order valence-electron chi connectivity index (χ0n) is 14.5. The molecule has 1 amide bonds. The highest BCUT2D eigenvalue weighted by molar-refractivity contribution is 5.80. The number of ether oxygens (including phenoxy) is 1. The van der Waals surface area contributed by atoms with Crippen molar-refractivity contribution in [3.05, 3.63) is 72.4 Å². The maximum atomic E-state index is 12.3. The van der Waals surface area contributed by atoms with Gasteiger partial charge in [-0.15, -0.1) is 0 Å². The minimum Gasteiger partial charge on any atom is -0.445 e. The number of unbranched alkanes of at least 4 members (excludes halogenated alkanes) is 1. The summed E-state index contributed by atoms with van der Waals surface area (Å²) in [6.45, 7) is 2.43. The Balaban J connectivity index is 1.69. The summed E-state index contributed by atoms with van der Waals surface area (Å²) in [6.07, 6.45) is 4.52. The fourth-order valence-corrected chi connectivity index (χ4v) is 2.96. The van der Waals surface area contributed by atoms with E-state index in [1.165, 1.54) is 5.39 Å². The number of aromatic nitrogens is 1. The summed E-state index contributed by atoms with van der Waals surface area (Å²) in [6, 6.07) is 20.0. The van der Waals surface area contributed by atoms with Gasteiger partial charge in [0.05, 0.1) is 0 Å². The highest BCUT2D eigenvalue weighted by Gasteiger charge is 2.16. The first-order chi connectivity index (χ1) is 12.3. The Hall–Kier alpha value is -2.75. The molecule has 2 aromatic carbocycles. The van der Waals surface area contributed by atoms with E-state index in [0.29, 0.717) is 0 Å². The van der Waals surface area contributed by atoms with Crippen LogP contribution in [0, 0.1) is 0 Å². The molecule has 1 unspecified atom stereocenters. The van der Waals surface area contributed by atoms with Gasteiger partial charge in [0.15, 0.2) is 0 Å². The average Bonchev–Trinajstić information content (AvgIpc) is 3.08. The predicted molar refractivity (Wildman–Crippen MR) is 100 cm³/mol. The van der Waals surface area contributed by atoms with Crippen molar-refractivity contribution >= 4 is 17.0 Å². The summed E-state index contributed by atoms with van der Waals surface area (Å²) in [5.41, 5.74) is 2.10. The topological polar surface area (TPSA) is 43.3 Å². The lowest BCUT2D eigenvalue weighted by molar-refractivity contribution is 0.130. The molecule has 0 aliphatic carbocycles. The summed E-state index contributed by atoms with van der Waals surface area (Å²) in [7, 11) is 0. The predicted octanol–water partition coefficient (Wildman–Crippen LogP) is 5.26. The van der Waals surface area contributed by atoms with Crippen LogP contribution in [-0.4, -0.2) is 10.7 Å². The number of carbonyl (C=O) groups is 1. The van der Waals surface area contributed by atoms with Crippen molar-refractivity contribution in [2.75, 3.05) is 0 Å². The Kier molecular flexibility index (Phi) is 5.73. The number of hydrogen-bond acceptors (Lipinski definition) is 2. The van der Waals surface area contributed by atoms with Gasteiger partial charge in [0.25, 0.3) is 0 Å². The van der Waals surface area contributed by atoms with Gasteiger partial charge < -0.3 is 14.6 Å². The third-order valence-electron chi connectivity index (χ3n) is 4.29. The molecule has 0 bridgehead atoms. The van der Waals surface area contributed by atoms with E-state index in [0.717, 1.165) is 30.3 Å². The van der Waals surface area contributed by atoms with Crippen LogP contribution in [0.1, 0.15) is 37.9 Å². The van der Waals surface area contributed by atoms with E-state index in [4.69, 9.17) is 4.74 Å². The zero-order valence-corrected chi connectivity index (χ0v) is 14.5. The van der Waals surface area contributed by atoms with Crippen molar-refractivity contribution in [3.63, 3.8) is 0 Å². The van der Waals surface area contributed by atoms with Crippen LogP contribution in [0.15, 0.2) is 66.9 Å². The monoisotopic (exact) mass is 336 g/mol. The first-order valence-corrected chi connectivity index (χ1v) is 8.80. The number of alkyl carbamates (subject to hydrolysis) is 1. The second kappa shape index (κ2) is 8.38. The molecule has 0 aliphatic rings. The smallest absolute Gasteiger partial charge is 0.409 e. The van der Waals surface area contributed by atoms with Gasteiger partial charge in [-0.05, 0) is 35.9 Å². The molecule has 130 valence electrons. The van der Waals surface area contributed by atoms with E-state index in [2.05, 4.69) is 35.0 Å². The lowest BCUT2D eigenvalue weighted by atomic mass is 10.2. The number of rotatable bonds is 7. The van der Waals surface area contributed by atoms with E-state index in [1.807, 2.05) is 48.7 Å². The summed E-state index contributed by atoms with van der Waals surface area (Å²) < 4.78 is 7.51. The van der Waals surface area contributed by atoms with Crippen LogP contribution in [0.25, 0.3) is 10.9 Å². The second-order valence-electron chi connectivity index (χ2n) is 6.15. The maximum Gasteiger partial charge on any atom is 0.409 e. The molecule has 0 radical (unpaired) electrons. The first kappa shape index (κ1) is 17.1. The fraction of sp³-hybridized carbons (Fsp3) is 0.286. The molecule has 1 aromatic heterocycles.